The van der Waals surface area contributed by atoms with Gasteiger partial charge in [-0.15, -0.1) is 0 Å². The quantitative estimate of drug-likeness (QED) is 0.848. The Kier molecular flexibility index (Phi) is 4.37. The number of rotatable bonds is 6. The van der Waals surface area contributed by atoms with E-state index in [1.165, 1.54) is 25.7 Å². The Bertz CT molecular complexity index is 521. The molecule has 3 rings (SSSR count). The van der Waals surface area contributed by atoms with Crippen molar-refractivity contribution >= 4 is 11.8 Å². The van der Waals surface area contributed by atoms with Gasteiger partial charge in [-0.2, -0.15) is 16.7 Å². The van der Waals surface area contributed by atoms with Gasteiger partial charge in [-0.05, 0) is 12.8 Å². The van der Waals surface area contributed by atoms with Gasteiger partial charge in [0.2, 0.25) is 5.89 Å². The molecular weight excluding hydrogens is 274 g/mol. The van der Waals surface area contributed by atoms with Gasteiger partial charge >= 0.3 is 0 Å². The molecule has 0 amide bonds. The van der Waals surface area contributed by atoms with Crippen LogP contribution < -0.4 is 5.73 Å². The molecule has 20 heavy (non-hydrogen) atoms. The van der Waals surface area contributed by atoms with Crippen molar-refractivity contribution in [3.63, 3.8) is 0 Å². The fraction of sp³-hybridized carbons (Fsp3) is 0.615. The summed E-state index contributed by atoms with van der Waals surface area (Å²) in [6.07, 6.45) is 9.35. The number of aromatic amines is 1. The molecule has 0 unspecified atom stereocenters. The van der Waals surface area contributed by atoms with Crippen molar-refractivity contribution in [3.05, 3.63) is 29.9 Å². The third-order valence-electron chi connectivity index (χ3n) is 3.55. The Balaban J connectivity index is 1.52. The minimum atomic E-state index is -0.284. The molecule has 1 saturated carbocycles. The van der Waals surface area contributed by atoms with Crippen molar-refractivity contribution in [1.29, 1.82) is 0 Å². The zero-order valence-electron chi connectivity index (χ0n) is 11.3. The topological polar surface area (TPSA) is 93.6 Å². The fourth-order valence-corrected chi connectivity index (χ4v) is 3.61. The molecule has 0 spiro atoms. The Hall–Kier alpha value is -1.34. The van der Waals surface area contributed by atoms with Crippen LogP contribution in [0.25, 0.3) is 0 Å². The summed E-state index contributed by atoms with van der Waals surface area (Å²) in [6, 6.07) is -0.284. The molecule has 0 saturated heterocycles. The van der Waals surface area contributed by atoms with Crippen LogP contribution in [0, 0.1) is 0 Å². The molecule has 1 aliphatic rings. The number of thioether (sulfide) groups is 1. The van der Waals surface area contributed by atoms with E-state index in [1.807, 2.05) is 11.8 Å². The molecule has 0 radical (unpaired) electrons. The maximum atomic E-state index is 6.07. The summed E-state index contributed by atoms with van der Waals surface area (Å²) in [6.45, 7) is 0. The van der Waals surface area contributed by atoms with E-state index in [9.17, 15) is 0 Å². The van der Waals surface area contributed by atoms with Crippen molar-refractivity contribution < 1.29 is 4.52 Å². The molecule has 0 bridgehead atoms. The number of nitrogens with one attached hydrogen (secondary N) is 1. The molecule has 1 aliphatic carbocycles. The lowest BCUT2D eigenvalue weighted by Gasteiger charge is -2.05. The summed E-state index contributed by atoms with van der Waals surface area (Å²) in [5.74, 6) is 2.06. The summed E-state index contributed by atoms with van der Waals surface area (Å²) in [4.78, 5) is 11.4. The highest BCUT2D eigenvalue weighted by Gasteiger charge is 2.19. The van der Waals surface area contributed by atoms with E-state index in [2.05, 4.69) is 20.1 Å². The van der Waals surface area contributed by atoms with Crippen LogP contribution in [-0.2, 0) is 12.2 Å². The third kappa shape index (κ3) is 3.40. The van der Waals surface area contributed by atoms with Crippen LogP contribution in [-0.4, -0.2) is 25.4 Å². The molecule has 1 atom stereocenters. The van der Waals surface area contributed by atoms with E-state index in [4.69, 9.17) is 10.3 Å². The zero-order chi connectivity index (χ0) is 13.8. The van der Waals surface area contributed by atoms with Crippen molar-refractivity contribution in [2.75, 3.05) is 0 Å². The molecule has 6 nitrogen and oxygen atoms in total. The van der Waals surface area contributed by atoms with Crippen molar-refractivity contribution in [1.82, 2.24) is 20.1 Å². The standard InChI is InChI=1S/C13H19N5OS/c14-11(5-9-6-15-8-16-9)13-17-12(18-19-13)7-20-10-3-1-2-4-10/h6,8,10-11H,1-5,7,14H2,(H,15,16)/t11-/m1/s1. The average molecular weight is 293 g/mol. The van der Waals surface area contributed by atoms with Crippen LogP contribution in [0.1, 0.15) is 49.1 Å². The first-order valence-electron chi connectivity index (χ1n) is 6.98. The van der Waals surface area contributed by atoms with E-state index in [-0.39, 0.29) is 6.04 Å². The smallest absolute Gasteiger partial charge is 0.243 e. The molecule has 0 aromatic carbocycles. The lowest BCUT2D eigenvalue weighted by molar-refractivity contribution is 0.350. The van der Waals surface area contributed by atoms with Gasteiger partial charge in [0.25, 0.3) is 0 Å². The number of nitrogens with zero attached hydrogens (tertiary/aromatic N) is 3. The van der Waals surface area contributed by atoms with Crippen LogP contribution in [0.2, 0.25) is 0 Å². The maximum absolute atomic E-state index is 6.07. The predicted molar refractivity (Wildman–Crippen MR) is 77.1 cm³/mol. The van der Waals surface area contributed by atoms with E-state index in [1.54, 1.807) is 12.5 Å². The first kappa shape index (κ1) is 13.6. The first-order valence-corrected chi connectivity index (χ1v) is 8.03. The van der Waals surface area contributed by atoms with Crippen molar-refractivity contribution in [2.24, 2.45) is 5.73 Å². The van der Waals surface area contributed by atoms with E-state index < -0.39 is 0 Å². The van der Waals surface area contributed by atoms with Crippen LogP contribution >= 0.6 is 11.8 Å². The zero-order valence-corrected chi connectivity index (χ0v) is 12.1. The molecule has 0 aliphatic heterocycles. The van der Waals surface area contributed by atoms with Gasteiger partial charge in [0.15, 0.2) is 5.82 Å². The minimum Gasteiger partial charge on any atom is -0.348 e. The Morgan fingerprint density at radius 2 is 2.30 bits per heavy atom. The third-order valence-corrected chi connectivity index (χ3v) is 4.91. The number of imidazole rings is 1. The van der Waals surface area contributed by atoms with Gasteiger partial charge in [0.1, 0.15) is 0 Å². The molecule has 2 aromatic heterocycles. The maximum Gasteiger partial charge on any atom is 0.243 e. The van der Waals surface area contributed by atoms with Gasteiger partial charge in [-0.3, -0.25) is 0 Å². The Morgan fingerprint density at radius 1 is 1.45 bits per heavy atom. The fourth-order valence-electron chi connectivity index (χ4n) is 2.44. The summed E-state index contributed by atoms with van der Waals surface area (Å²) >= 11 is 1.93. The van der Waals surface area contributed by atoms with Gasteiger partial charge in [-0.25, -0.2) is 4.98 Å². The first-order chi connectivity index (χ1) is 9.81. The summed E-state index contributed by atoms with van der Waals surface area (Å²) in [5, 5.41) is 4.77. The molecule has 2 heterocycles. The van der Waals surface area contributed by atoms with Gasteiger partial charge in [0.05, 0.1) is 18.1 Å². The van der Waals surface area contributed by atoms with E-state index >= 15 is 0 Å². The summed E-state index contributed by atoms with van der Waals surface area (Å²) in [5.41, 5.74) is 7.04. The summed E-state index contributed by atoms with van der Waals surface area (Å²) in [7, 11) is 0. The monoisotopic (exact) mass is 293 g/mol. The average Bonchev–Trinajstić information content (AvgIpc) is 3.19. The second kappa shape index (κ2) is 6.41. The molecule has 3 N–H and O–H groups in total. The largest absolute Gasteiger partial charge is 0.348 e. The highest BCUT2D eigenvalue weighted by atomic mass is 32.2. The number of H-pyrrole nitrogens is 1. The molecule has 1 fully saturated rings. The highest BCUT2D eigenvalue weighted by Crippen LogP contribution is 2.31. The molecular formula is C13H19N5OS. The van der Waals surface area contributed by atoms with Crippen LogP contribution in [0.15, 0.2) is 17.0 Å². The lowest BCUT2D eigenvalue weighted by atomic mass is 10.2. The molecule has 108 valence electrons. The van der Waals surface area contributed by atoms with E-state index in [0.717, 1.165) is 22.5 Å². The Labute approximate surface area is 121 Å². The lowest BCUT2D eigenvalue weighted by Crippen LogP contribution is -2.14. The van der Waals surface area contributed by atoms with Crippen LogP contribution in [0.5, 0.6) is 0 Å². The number of hydrogen-bond acceptors (Lipinski definition) is 6. The highest BCUT2D eigenvalue weighted by molar-refractivity contribution is 7.99. The molecule has 7 heteroatoms. The number of hydrogen-bond donors (Lipinski definition) is 2. The predicted octanol–water partition coefficient (Wildman–Crippen LogP) is 2.21. The van der Waals surface area contributed by atoms with Crippen molar-refractivity contribution in [3.8, 4) is 0 Å². The number of aromatic nitrogens is 4. The van der Waals surface area contributed by atoms with Crippen LogP contribution in [0.3, 0.4) is 0 Å². The minimum absolute atomic E-state index is 0.284. The van der Waals surface area contributed by atoms with Gasteiger partial charge in [0, 0.05) is 23.6 Å². The SMILES string of the molecule is N[C@H](Cc1cnc[nH]1)c1nc(CSC2CCCC2)no1. The molecule has 2 aromatic rings. The second-order valence-electron chi connectivity index (χ2n) is 5.15. The van der Waals surface area contributed by atoms with E-state index in [0.29, 0.717) is 12.3 Å². The van der Waals surface area contributed by atoms with Crippen molar-refractivity contribution in [2.45, 2.75) is 49.1 Å². The second-order valence-corrected chi connectivity index (χ2v) is 6.44. The van der Waals surface area contributed by atoms with Crippen LogP contribution in [0.4, 0.5) is 0 Å². The van der Waals surface area contributed by atoms with Gasteiger partial charge < -0.3 is 15.2 Å². The number of nitrogens with two attached hydrogens (primary N) is 1. The summed E-state index contributed by atoms with van der Waals surface area (Å²) < 4.78 is 5.26. The van der Waals surface area contributed by atoms with Gasteiger partial charge in [-0.1, -0.05) is 18.0 Å². The normalized spacial score (nSPS) is 17.6. The Morgan fingerprint density at radius 3 is 3.05 bits per heavy atom.